The van der Waals surface area contributed by atoms with Gasteiger partial charge in [-0.05, 0) is 66.6 Å². The van der Waals surface area contributed by atoms with Crippen LogP contribution in [0.15, 0.2) is 34.3 Å². The number of methoxy groups -OCH3 is 1. The van der Waals surface area contributed by atoms with Gasteiger partial charge < -0.3 is 20.1 Å². The molecule has 1 unspecified atom stereocenters. The standard InChI is InChI=1S/C23H28N4O2/c1-24-22-11-17(14-4-7-29-8-5-14)18-10-21(28-2)19(9-20(18)27-22)23-16-3-6-25-12-15(16)13-26-23/h9-11,13-14,23,25H,3-8,12H2,1-2H3,(H,24,27). The molecule has 2 N–H and O–H groups in total. The molecule has 0 spiro atoms. The van der Waals surface area contributed by atoms with Gasteiger partial charge in [0.05, 0.1) is 12.6 Å². The maximum absolute atomic E-state index is 5.86. The third kappa shape index (κ3) is 3.30. The fourth-order valence-corrected chi connectivity index (χ4v) is 4.84. The normalized spacial score (nSPS) is 22.2. The topological polar surface area (TPSA) is 67.8 Å². The molecule has 0 bridgehead atoms. The van der Waals surface area contributed by atoms with Crippen molar-refractivity contribution in [3.05, 3.63) is 40.5 Å². The minimum Gasteiger partial charge on any atom is -0.496 e. The lowest BCUT2D eigenvalue weighted by molar-refractivity contribution is 0.0856. The Balaban J connectivity index is 1.65. The van der Waals surface area contributed by atoms with Gasteiger partial charge in [-0.15, -0.1) is 0 Å². The number of rotatable bonds is 4. The van der Waals surface area contributed by atoms with E-state index in [0.717, 1.165) is 68.2 Å². The highest BCUT2D eigenvalue weighted by Gasteiger charge is 2.29. The Morgan fingerprint density at radius 2 is 2.03 bits per heavy atom. The lowest BCUT2D eigenvalue weighted by atomic mass is 9.87. The first-order valence-corrected chi connectivity index (χ1v) is 10.5. The van der Waals surface area contributed by atoms with Crippen LogP contribution in [-0.2, 0) is 4.74 Å². The molecule has 1 aromatic heterocycles. The Labute approximate surface area is 171 Å². The van der Waals surface area contributed by atoms with Gasteiger partial charge in [-0.25, -0.2) is 4.98 Å². The molecular formula is C23H28N4O2. The summed E-state index contributed by atoms with van der Waals surface area (Å²) in [6, 6.07) is 6.60. The monoisotopic (exact) mass is 392 g/mol. The summed E-state index contributed by atoms with van der Waals surface area (Å²) in [6.45, 7) is 3.55. The third-order valence-corrected chi connectivity index (χ3v) is 6.41. The molecule has 1 fully saturated rings. The zero-order valence-corrected chi connectivity index (χ0v) is 17.1. The van der Waals surface area contributed by atoms with E-state index in [-0.39, 0.29) is 6.04 Å². The Morgan fingerprint density at radius 3 is 2.83 bits per heavy atom. The van der Waals surface area contributed by atoms with Crippen LogP contribution in [0.5, 0.6) is 5.75 Å². The number of aromatic nitrogens is 1. The van der Waals surface area contributed by atoms with Gasteiger partial charge in [0.2, 0.25) is 0 Å². The molecule has 0 aliphatic carbocycles. The molecule has 1 aromatic carbocycles. The van der Waals surface area contributed by atoms with E-state index in [2.05, 4.69) is 28.8 Å². The van der Waals surface area contributed by atoms with Crippen LogP contribution in [0, 0.1) is 0 Å². The molecule has 5 rings (SSSR count). The maximum atomic E-state index is 5.86. The number of pyridine rings is 1. The largest absolute Gasteiger partial charge is 0.496 e. The number of nitrogens with zero attached hydrogens (tertiary/aromatic N) is 2. The number of ether oxygens (including phenoxy) is 2. The highest BCUT2D eigenvalue weighted by molar-refractivity contribution is 5.89. The fourth-order valence-electron chi connectivity index (χ4n) is 4.84. The van der Waals surface area contributed by atoms with Gasteiger partial charge in [-0.3, -0.25) is 4.99 Å². The second kappa shape index (κ2) is 7.76. The number of fused-ring (bicyclic) bond motifs is 1. The molecule has 0 radical (unpaired) electrons. The van der Waals surface area contributed by atoms with Crippen LogP contribution in [0.2, 0.25) is 0 Å². The van der Waals surface area contributed by atoms with Crippen molar-refractivity contribution in [2.75, 3.05) is 45.8 Å². The fraction of sp³-hybridized carbons (Fsp3) is 0.478. The van der Waals surface area contributed by atoms with E-state index in [0.29, 0.717) is 5.92 Å². The average molecular weight is 393 g/mol. The Bertz CT molecular complexity index is 992. The second-order valence-corrected chi connectivity index (χ2v) is 8.00. The molecule has 0 amide bonds. The number of hydrogen-bond donors (Lipinski definition) is 2. The summed E-state index contributed by atoms with van der Waals surface area (Å²) in [7, 11) is 3.68. The second-order valence-electron chi connectivity index (χ2n) is 8.00. The van der Waals surface area contributed by atoms with Crippen LogP contribution in [0.25, 0.3) is 10.9 Å². The summed E-state index contributed by atoms with van der Waals surface area (Å²) in [6.07, 6.45) is 5.14. The van der Waals surface area contributed by atoms with Gasteiger partial charge in [0.1, 0.15) is 17.6 Å². The van der Waals surface area contributed by atoms with E-state index in [9.17, 15) is 0 Å². The minimum atomic E-state index is 0.0398. The zero-order chi connectivity index (χ0) is 19.8. The predicted molar refractivity (Wildman–Crippen MR) is 116 cm³/mol. The minimum absolute atomic E-state index is 0.0398. The van der Waals surface area contributed by atoms with Crippen LogP contribution in [0.1, 0.15) is 42.3 Å². The Morgan fingerprint density at radius 1 is 1.17 bits per heavy atom. The van der Waals surface area contributed by atoms with Crippen LogP contribution in [0.3, 0.4) is 0 Å². The average Bonchev–Trinajstić information content (AvgIpc) is 3.22. The van der Waals surface area contributed by atoms with Crippen molar-refractivity contribution < 1.29 is 9.47 Å². The highest BCUT2D eigenvalue weighted by Crippen LogP contribution is 2.43. The summed E-state index contributed by atoms with van der Waals surface area (Å²) in [4.78, 5) is 9.72. The molecule has 3 aliphatic heterocycles. The molecule has 4 heterocycles. The van der Waals surface area contributed by atoms with Gasteiger partial charge in [0.25, 0.3) is 0 Å². The lowest BCUT2D eigenvalue weighted by Gasteiger charge is -2.25. The van der Waals surface area contributed by atoms with Gasteiger partial charge in [-0.2, -0.15) is 0 Å². The van der Waals surface area contributed by atoms with Gasteiger partial charge in [0, 0.05) is 44.0 Å². The molecule has 3 aliphatic rings. The van der Waals surface area contributed by atoms with Crippen molar-refractivity contribution in [2.45, 2.75) is 31.2 Å². The molecule has 2 aromatic rings. The summed E-state index contributed by atoms with van der Waals surface area (Å²) in [5.74, 6) is 2.30. The molecule has 152 valence electrons. The maximum Gasteiger partial charge on any atom is 0.126 e. The summed E-state index contributed by atoms with van der Waals surface area (Å²) >= 11 is 0. The van der Waals surface area contributed by atoms with Crippen LogP contribution >= 0.6 is 0 Å². The van der Waals surface area contributed by atoms with Crippen molar-refractivity contribution in [3.8, 4) is 5.75 Å². The van der Waals surface area contributed by atoms with E-state index in [1.165, 1.54) is 22.1 Å². The van der Waals surface area contributed by atoms with Crippen molar-refractivity contribution >= 4 is 22.9 Å². The summed E-state index contributed by atoms with van der Waals surface area (Å²) < 4.78 is 11.5. The van der Waals surface area contributed by atoms with E-state index < -0.39 is 0 Å². The molecule has 6 nitrogen and oxygen atoms in total. The van der Waals surface area contributed by atoms with Crippen LogP contribution < -0.4 is 15.4 Å². The lowest BCUT2D eigenvalue weighted by Crippen LogP contribution is -2.25. The van der Waals surface area contributed by atoms with Crippen LogP contribution in [-0.4, -0.2) is 51.7 Å². The Hall–Kier alpha value is -2.44. The highest BCUT2D eigenvalue weighted by atomic mass is 16.5. The Kier molecular flexibility index (Phi) is 4.97. The smallest absolute Gasteiger partial charge is 0.126 e. The van der Waals surface area contributed by atoms with Gasteiger partial charge in [-0.1, -0.05) is 0 Å². The number of hydrogen-bond acceptors (Lipinski definition) is 6. The molecule has 6 heteroatoms. The van der Waals surface area contributed by atoms with E-state index in [1.807, 2.05) is 13.3 Å². The van der Waals surface area contributed by atoms with Gasteiger partial charge >= 0.3 is 0 Å². The van der Waals surface area contributed by atoms with Crippen molar-refractivity contribution in [1.82, 2.24) is 10.3 Å². The zero-order valence-electron chi connectivity index (χ0n) is 17.1. The number of nitrogens with one attached hydrogen (secondary N) is 2. The predicted octanol–water partition coefficient (Wildman–Crippen LogP) is 3.59. The summed E-state index contributed by atoms with van der Waals surface area (Å²) in [5, 5.41) is 7.85. The molecule has 1 saturated heterocycles. The van der Waals surface area contributed by atoms with Crippen molar-refractivity contribution in [1.29, 1.82) is 0 Å². The molecule has 29 heavy (non-hydrogen) atoms. The van der Waals surface area contributed by atoms with E-state index in [1.54, 1.807) is 7.11 Å². The van der Waals surface area contributed by atoms with Crippen molar-refractivity contribution in [3.63, 3.8) is 0 Å². The van der Waals surface area contributed by atoms with E-state index in [4.69, 9.17) is 19.5 Å². The molecular weight excluding hydrogens is 364 g/mol. The first-order valence-electron chi connectivity index (χ1n) is 10.5. The number of anilines is 1. The first kappa shape index (κ1) is 18.6. The quantitative estimate of drug-likeness (QED) is 0.832. The molecule has 0 saturated carbocycles. The van der Waals surface area contributed by atoms with Crippen LogP contribution in [0.4, 0.5) is 5.82 Å². The number of benzene rings is 1. The molecule has 1 atom stereocenters. The van der Waals surface area contributed by atoms with E-state index >= 15 is 0 Å². The SMILES string of the molecule is CNc1cc(C2CCOCC2)c2cc(OC)c(C3N=CC4=C3CCNC4)cc2n1. The van der Waals surface area contributed by atoms with Gasteiger partial charge in [0.15, 0.2) is 0 Å². The van der Waals surface area contributed by atoms with Crippen molar-refractivity contribution in [2.24, 2.45) is 4.99 Å². The summed E-state index contributed by atoms with van der Waals surface area (Å²) in [5.41, 5.74) is 6.19. The first-order chi connectivity index (χ1) is 14.3. The third-order valence-electron chi connectivity index (χ3n) is 6.41. The number of aliphatic imine (C=N–C) groups is 1.